The molecule has 6 nitrogen and oxygen atoms in total. The fourth-order valence-electron chi connectivity index (χ4n) is 1.10. The fourth-order valence-corrected chi connectivity index (χ4v) is 3.74. The van der Waals surface area contributed by atoms with Crippen LogP contribution in [-0.4, -0.2) is 81.2 Å². The van der Waals surface area contributed by atoms with Crippen LogP contribution in [0.4, 0.5) is 0 Å². The molecule has 1 N–H and O–H groups in total. The Morgan fingerprint density at radius 3 is 2.00 bits per heavy atom. The van der Waals surface area contributed by atoms with Gasteiger partial charge in [-0.1, -0.05) is 0 Å². The van der Waals surface area contributed by atoms with Crippen molar-refractivity contribution in [3.8, 4) is 0 Å². The summed E-state index contributed by atoms with van der Waals surface area (Å²) in [5, 5.41) is 8.33. The molecule has 0 amide bonds. The lowest BCUT2D eigenvalue weighted by atomic mass is 10.7. The molecule has 0 aliphatic rings. The van der Waals surface area contributed by atoms with E-state index in [1.54, 1.807) is 0 Å². The number of nitrogens with zero attached hydrogens (tertiary/aromatic N) is 1. The van der Waals surface area contributed by atoms with Gasteiger partial charge in [-0.2, -0.15) is 0 Å². The highest BCUT2D eigenvalue weighted by atomic mass is 31.2. The standard InChI is InChI=1S/C11H22NO5P2/c1-18(2)12(19(3)4)10-17-8-6-15-5-7-16-9-11(13)14/h1,3,5-10H2,2,4H3/q+1/p+1. The van der Waals surface area contributed by atoms with E-state index in [0.29, 0.717) is 26.6 Å². The molecule has 0 aliphatic heterocycles. The van der Waals surface area contributed by atoms with Crippen LogP contribution in [0.1, 0.15) is 0 Å². The van der Waals surface area contributed by atoms with Gasteiger partial charge in [0.1, 0.15) is 19.9 Å². The molecule has 0 saturated carbocycles. The van der Waals surface area contributed by atoms with Gasteiger partial charge in [0.25, 0.3) is 0 Å². The number of carboxylic acid groups (broad SMARTS) is 1. The highest BCUT2D eigenvalue weighted by molar-refractivity contribution is 7.67. The van der Waals surface area contributed by atoms with E-state index in [-0.39, 0.29) is 13.2 Å². The van der Waals surface area contributed by atoms with Crippen LogP contribution in [0.3, 0.4) is 0 Å². The third-order valence-electron chi connectivity index (χ3n) is 1.96. The summed E-state index contributed by atoms with van der Waals surface area (Å²) in [6, 6.07) is 0. The molecule has 19 heavy (non-hydrogen) atoms. The van der Waals surface area contributed by atoms with Crippen molar-refractivity contribution >= 4 is 34.0 Å². The minimum atomic E-state index is -0.975. The first-order chi connectivity index (χ1) is 8.95. The molecule has 2 atom stereocenters. The summed E-state index contributed by atoms with van der Waals surface area (Å²) in [6.45, 7) is 5.96. The second-order valence-corrected chi connectivity index (χ2v) is 7.70. The molecule has 0 aliphatic carbocycles. The lowest BCUT2D eigenvalue weighted by Gasteiger charge is -2.07. The molecule has 0 saturated heterocycles. The van der Waals surface area contributed by atoms with E-state index in [1.165, 1.54) is 0 Å². The van der Waals surface area contributed by atoms with Crippen LogP contribution in [0.15, 0.2) is 0 Å². The van der Waals surface area contributed by atoms with E-state index in [9.17, 15) is 4.79 Å². The monoisotopic (exact) mass is 311 g/mol. The minimum Gasteiger partial charge on any atom is -0.480 e. The Bertz CT molecular complexity index is 297. The van der Waals surface area contributed by atoms with Crippen molar-refractivity contribution in [1.82, 2.24) is 4.44 Å². The van der Waals surface area contributed by atoms with Gasteiger partial charge in [0.2, 0.25) is 15.4 Å². The second-order valence-electron chi connectivity index (χ2n) is 3.78. The van der Waals surface area contributed by atoms with Gasteiger partial charge >= 0.3 is 5.97 Å². The van der Waals surface area contributed by atoms with Gasteiger partial charge in [0.15, 0.2) is 6.73 Å². The SMILES string of the molecule is C=[P+](C)N(COCCOCCOCC(=O)O)[P+](=C)C. The normalized spacial score (nSPS) is 12.6. The van der Waals surface area contributed by atoms with E-state index in [0.717, 1.165) is 0 Å². The van der Waals surface area contributed by atoms with E-state index < -0.39 is 21.4 Å². The highest BCUT2D eigenvalue weighted by Crippen LogP contribution is 2.36. The smallest absolute Gasteiger partial charge is 0.329 e. The molecule has 0 aromatic carbocycles. The zero-order valence-corrected chi connectivity index (χ0v) is 13.4. The molecular weight excluding hydrogens is 288 g/mol. The number of rotatable bonds is 12. The van der Waals surface area contributed by atoms with Gasteiger partial charge < -0.3 is 19.3 Å². The summed E-state index contributed by atoms with van der Waals surface area (Å²) in [6.07, 6.45) is 8.03. The van der Waals surface area contributed by atoms with Crippen LogP contribution in [0.25, 0.3) is 0 Å². The van der Waals surface area contributed by atoms with Crippen molar-refractivity contribution in [3.63, 3.8) is 0 Å². The summed E-state index contributed by atoms with van der Waals surface area (Å²) in [4.78, 5) is 10.1. The predicted molar refractivity (Wildman–Crippen MR) is 81.9 cm³/mol. The predicted octanol–water partition coefficient (Wildman–Crippen LogP) is 1.30. The molecule has 0 radical (unpaired) electrons. The first-order valence-electron chi connectivity index (χ1n) is 5.76. The van der Waals surface area contributed by atoms with Crippen LogP contribution >= 0.6 is 15.4 Å². The lowest BCUT2D eigenvalue weighted by molar-refractivity contribution is -0.142. The average Bonchev–Trinajstić information content (AvgIpc) is 2.30. The summed E-state index contributed by atoms with van der Waals surface area (Å²) in [7, 11) is -0.868. The third kappa shape index (κ3) is 11.2. The van der Waals surface area contributed by atoms with E-state index in [4.69, 9.17) is 19.3 Å². The quantitative estimate of drug-likeness (QED) is 0.333. The second kappa shape index (κ2) is 11.5. The van der Waals surface area contributed by atoms with Gasteiger partial charge in [-0.25, -0.2) is 4.79 Å². The third-order valence-corrected chi connectivity index (χ3v) is 5.60. The Kier molecular flexibility index (Phi) is 11.3. The van der Waals surface area contributed by atoms with Gasteiger partial charge in [-0.15, -0.1) is 0 Å². The molecule has 0 aromatic heterocycles. The summed E-state index contributed by atoms with van der Waals surface area (Å²) >= 11 is 0. The average molecular weight is 311 g/mol. The Hall–Kier alpha value is -0.350. The van der Waals surface area contributed by atoms with Crippen LogP contribution < -0.4 is 0 Å². The van der Waals surface area contributed by atoms with Gasteiger partial charge in [-0.05, 0) is 0 Å². The maximum Gasteiger partial charge on any atom is 0.329 e. The minimum absolute atomic E-state index is 0.275. The number of carboxylic acids is 1. The summed E-state index contributed by atoms with van der Waals surface area (Å²) in [5.41, 5.74) is 0. The molecule has 0 aromatic rings. The molecule has 8 heteroatoms. The van der Waals surface area contributed by atoms with Gasteiger partial charge in [0, 0.05) is 0 Å². The summed E-state index contributed by atoms with van der Waals surface area (Å²) in [5.74, 6) is -0.975. The first-order valence-corrected chi connectivity index (χ1v) is 9.61. The van der Waals surface area contributed by atoms with Gasteiger partial charge in [-0.3, -0.25) is 0 Å². The number of carbonyl (C=O) groups is 1. The van der Waals surface area contributed by atoms with E-state index in [2.05, 4.69) is 30.4 Å². The largest absolute Gasteiger partial charge is 0.480 e. The number of hydrogen-bond acceptors (Lipinski definition) is 5. The van der Waals surface area contributed by atoms with Gasteiger partial charge in [0.05, 0.1) is 43.5 Å². The maximum absolute atomic E-state index is 10.1. The molecule has 0 bridgehead atoms. The molecule has 110 valence electrons. The van der Waals surface area contributed by atoms with Crippen LogP contribution in [0, 0.1) is 0 Å². The van der Waals surface area contributed by atoms with Crippen molar-refractivity contribution in [1.29, 1.82) is 0 Å². The van der Waals surface area contributed by atoms with Crippen LogP contribution in [0.2, 0.25) is 0 Å². The number of aliphatic carboxylic acids is 1. The van der Waals surface area contributed by atoms with E-state index >= 15 is 0 Å². The molecule has 0 heterocycles. The van der Waals surface area contributed by atoms with Crippen molar-refractivity contribution in [2.45, 2.75) is 0 Å². The molecule has 2 unspecified atom stereocenters. The van der Waals surface area contributed by atoms with E-state index in [1.807, 2.05) is 0 Å². The van der Waals surface area contributed by atoms with Crippen LogP contribution in [-0.2, 0) is 19.0 Å². The Labute approximate surface area is 116 Å². The Morgan fingerprint density at radius 1 is 1.05 bits per heavy atom. The number of hydrogen-bond donors (Lipinski definition) is 1. The molecule has 0 rings (SSSR count). The van der Waals surface area contributed by atoms with Crippen molar-refractivity contribution in [2.24, 2.45) is 0 Å². The van der Waals surface area contributed by atoms with Crippen molar-refractivity contribution in [3.05, 3.63) is 0 Å². The Balaban J connectivity index is 3.42. The highest BCUT2D eigenvalue weighted by Gasteiger charge is 2.24. The van der Waals surface area contributed by atoms with Crippen molar-refractivity contribution in [2.75, 3.05) is 53.1 Å². The fraction of sp³-hybridized carbons (Fsp3) is 0.727. The van der Waals surface area contributed by atoms with Crippen LogP contribution in [0.5, 0.6) is 0 Å². The van der Waals surface area contributed by atoms with Crippen molar-refractivity contribution < 1.29 is 24.1 Å². The number of ether oxygens (including phenoxy) is 3. The molecular formula is C11H23NO5P2+2. The molecule has 0 spiro atoms. The lowest BCUT2D eigenvalue weighted by Crippen LogP contribution is -2.16. The first kappa shape index (κ1) is 18.7. The summed E-state index contributed by atoms with van der Waals surface area (Å²) < 4.78 is 17.7. The maximum atomic E-state index is 10.1. The topological polar surface area (TPSA) is 68.2 Å². The zero-order valence-electron chi connectivity index (χ0n) is 11.6. The zero-order chi connectivity index (χ0) is 14.7. The molecule has 0 fully saturated rings. The Morgan fingerprint density at radius 2 is 1.53 bits per heavy atom.